The van der Waals surface area contributed by atoms with Crippen LogP contribution >= 0.6 is 0 Å². The number of likely N-dealkylation sites (tertiary alicyclic amines) is 1. The van der Waals surface area contributed by atoms with Crippen molar-refractivity contribution < 1.29 is 4.79 Å². The van der Waals surface area contributed by atoms with E-state index < -0.39 is 0 Å². The number of aromatic nitrogens is 2. The Kier molecular flexibility index (Phi) is 3.04. The second-order valence-corrected chi connectivity index (χ2v) is 4.19. The topological polar surface area (TPSA) is 49.0 Å². The van der Waals surface area contributed by atoms with Crippen LogP contribution in [-0.4, -0.2) is 33.9 Å². The van der Waals surface area contributed by atoms with Gasteiger partial charge in [-0.05, 0) is 12.3 Å². The molecule has 2 heterocycles. The summed E-state index contributed by atoms with van der Waals surface area (Å²) in [5, 5.41) is 0. The fourth-order valence-corrected chi connectivity index (χ4v) is 2.02. The number of imidazole rings is 1. The van der Waals surface area contributed by atoms with Crippen LogP contribution in [-0.2, 0) is 11.2 Å². The van der Waals surface area contributed by atoms with Crippen molar-refractivity contribution in [1.82, 2.24) is 14.9 Å². The van der Waals surface area contributed by atoms with Crippen LogP contribution < -0.4 is 0 Å². The molecule has 0 bridgehead atoms. The molecule has 2 rings (SSSR count). The summed E-state index contributed by atoms with van der Waals surface area (Å²) < 4.78 is 0. The molecule has 0 aliphatic carbocycles. The van der Waals surface area contributed by atoms with Crippen LogP contribution in [0.3, 0.4) is 0 Å². The molecule has 1 amide bonds. The quantitative estimate of drug-likeness (QED) is 0.806. The highest BCUT2D eigenvalue weighted by atomic mass is 16.2. The first-order valence-corrected chi connectivity index (χ1v) is 5.55. The van der Waals surface area contributed by atoms with E-state index in [1.807, 2.05) is 4.90 Å². The third-order valence-electron chi connectivity index (χ3n) is 2.89. The van der Waals surface area contributed by atoms with E-state index >= 15 is 0 Å². The summed E-state index contributed by atoms with van der Waals surface area (Å²) in [6.45, 7) is 4.07. The van der Waals surface area contributed by atoms with Crippen LogP contribution in [0.5, 0.6) is 0 Å². The van der Waals surface area contributed by atoms with Crippen molar-refractivity contribution >= 4 is 5.91 Å². The zero-order valence-corrected chi connectivity index (χ0v) is 9.07. The summed E-state index contributed by atoms with van der Waals surface area (Å²) in [5.74, 6) is 0.938. The van der Waals surface area contributed by atoms with Crippen molar-refractivity contribution in [2.24, 2.45) is 5.92 Å². The van der Waals surface area contributed by atoms with Gasteiger partial charge >= 0.3 is 0 Å². The monoisotopic (exact) mass is 207 g/mol. The van der Waals surface area contributed by atoms with Crippen molar-refractivity contribution in [3.63, 3.8) is 0 Å². The second-order valence-electron chi connectivity index (χ2n) is 4.19. The van der Waals surface area contributed by atoms with Crippen molar-refractivity contribution in [2.45, 2.75) is 26.2 Å². The van der Waals surface area contributed by atoms with E-state index in [1.54, 1.807) is 12.5 Å². The molecule has 4 heteroatoms. The van der Waals surface area contributed by atoms with Gasteiger partial charge in [-0.1, -0.05) is 13.3 Å². The van der Waals surface area contributed by atoms with Gasteiger partial charge in [0.2, 0.25) is 5.91 Å². The van der Waals surface area contributed by atoms with Gasteiger partial charge in [0.15, 0.2) is 0 Å². The van der Waals surface area contributed by atoms with Crippen LogP contribution in [0.1, 0.15) is 25.5 Å². The number of H-pyrrole nitrogens is 1. The molecule has 0 radical (unpaired) electrons. The Hall–Kier alpha value is -1.32. The molecular weight excluding hydrogens is 190 g/mol. The first-order chi connectivity index (χ1) is 7.29. The molecule has 0 aromatic carbocycles. The lowest BCUT2D eigenvalue weighted by atomic mass is 9.94. The third-order valence-corrected chi connectivity index (χ3v) is 2.89. The van der Waals surface area contributed by atoms with Crippen molar-refractivity contribution in [2.75, 3.05) is 13.1 Å². The maximum Gasteiger partial charge on any atom is 0.228 e. The highest BCUT2D eigenvalue weighted by Crippen LogP contribution is 2.20. The van der Waals surface area contributed by atoms with Crippen molar-refractivity contribution in [3.05, 3.63) is 18.2 Å². The van der Waals surface area contributed by atoms with E-state index in [9.17, 15) is 4.79 Å². The number of carbonyl (C=O) groups is 1. The first kappa shape index (κ1) is 10.2. The summed E-state index contributed by atoms with van der Waals surface area (Å²) in [5.41, 5.74) is 0.832. The molecule has 0 spiro atoms. The lowest BCUT2D eigenvalue weighted by Gasteiger charge is -2.39. The minimum atomic E-state index is 0.203. The van der Waals surface area contributed by atoms with Gasteiger partial charge in [-0.3, -0.25) is 4.79 Å². The molecule has 4 nitrogen and oxygen atoms in total. The predicted octanol–water partition coefficient (Wildman–Crippen LogP) is 1.21. The molecule has 1 saturated heterocycles. The number of nitrogens with one attached hydrogen (secondary N) is 1. The van der Waals surface area contributed by atoms with Crippen LogP contribution in [0, 0.1) is 5.92 Å². The number of aromatic amines is 1. The van der Waals surface area contributed by atoms with E-state index in [4.69, 9.17) is 0 Å². The number of hydrogen-bond acceptors (Lipinski definition) is 2. The second kappa shape index (κ2) is 4.47. The molecule has 0 unspecified atom stereocenters. The van der Waals surface area contributed by atoms with E-state index in [1.165, 1.54) is 12.8 Å². The van der Waals surface area contributed by atoms with Gasteiger partial charge in [0.25, 0.3) is 0 Å². The van der Waals surface area contributed by atoms with Crippen molar-refractivity contribution in [1.29, 1.82) is 0 Å². The predicted molar refractivity (Wildman–Crippen MR) is 57.3 cm³/mol. The van der Waals surface area contributed by atoms with E-state index in [0.717, 1.165) is 24.7 Å². The maximum atomic E-state index is 11.7. The molecule has 0 atom stereocenters. The Morgan fingerprint density at radius 3 is 3.07 bits per heavy atom. The molecule has 82 valence electrons. The summed E-state index contributed by atoms with van der Waals surface area (Å²) in [6.07, 6.45) is 6.28. The van der Waals surface area contributed by atoms with Gasteiger partial charge in [0.05, 0.1) is 18.4 Å². The molecule has 1 aromatic heterocycles. The number of hydrogen-bond donors (Lipinski definition) is 1. The number of carbonyl (C=O) groups excluding carboxylic acids is 1. The van der Waals surface area contributed by atoms with Gasteiger partial charge in [0, 0.05) is 19.3 Å². The minimum absolute atomic E-state index is 0.203. The van der Waals surface area contributed by atoms with Crippen LogP contribution in [0.4, 0.5) is 0 Å². The Morgan fingerprint density at radius 1 is 1.67 bits per heavy atom. The lowest BCUT2D eigenvalue weighted by Crippen LogP contribution is -2.50. The number of rotatable bonds is 4. The standard InChI is InChI=1S/C11H17N3O/c1-2-3-9-6-14(7-9)11(15)4-10-5-12-8-13-10/h5,8-9H,2-4,6-7H2,1H3,(H,12,13). The minimum Gasteiger partial charge on any atom is -0.351 e. The number of amides is 1. The maximum absolute atomic E-state index is 11.7. The highest BCUT2D eigenvalue weighted by Gasteiger charge is 2.29. The first-order valence-electron chi connectivity index (χ1n) is 5.55. The van der Waals surface area contributed by atoms with E-state index in [2.05, 4.69) is 16.9 Å². The average molecular weight is 207 g/mol. The molecule has 1 aliphatic rings. The smallest absolute Gasteiger partial charge is 0.228 e. The highest BCUT2D eigenvalue weighted by molar-refractivity contribution is 5.79. The molecule has 15 heavy (non-hydrogen) atoms. The Morgan fingerprint density at radius 2 is 2.47 bits per heavy atom. The average Bonchev–Trinajstić information content (AvgIpc) is 2.62. The fraction of sp³-hybridized carbons (Fsp3) is 0.636. The van der Waals surface area contributed by atoms with Crippen LogP contribution in [0.2, 0.25) is 0 Å². The molecule has 0 saturated carbocycles. The summed E-state index contributed by atoms with van der Waals surface area (Å²) >= 11 is 0. The number of nitrogens with zero attached hydrogens (tertiary/aromatic N) is 2. The fourth-order valence-electron chi connectivity index (χ4n) is 2.02. The zero-order chi connectivity index (χ0) is 10.7. The van der Waals surface area contributed by atoms with E-state index in [0.29, 0.717) is 6.42 Å². The van der Waals surface area contributed by atoms with E-state index in [-0.39, 0.29) is 5.91 Å². The third kappa shape index (κ3) is 2.37. The Bertz CT molecular complexity index is 315. The zero-order valence-electron chi connectivity index (χ0n) is 9.07. The van der Waals surface area contributed by atoms with Crippen molar-refractivity contribution in [3.8, 4) is 0 Å². The van der Waals surface area contributed by atoms with Gasteiger partial charge < -0.3 is 9.88 Å². The molecule has 1 aromatic rings. The SMILES string of the molecule is CCCC1CN(C(=O)Cc2c[nH]cn2)C1. The Balaban J connectivity index is 1.75. The Labute approximate surface area is 89.7 Å². The van der Waals surface area contributed by atoms with Gasteiger partial charge in [-0.25, -0.2) is 4.98 Å². The molecular formula is C11H17N3O. The lowest BCUT2D eigenvalue weighted by molar-refractivity contribution is -0.136. The molecule has 1 N–H and O–H groups in total. The molecule has 1 aliphatic heterocycles. The molecule has 1 fully saturated rings. The van der Waals surface area contributed by atoms with Gasteiger partial charge in [-0.2, -0.15) is 0 Å². The normalized spacial score (nSPS) is 16.5. The largest absolute Gasteiger partial charge is 0.351 e. The summed E-state index contributed by atoms with van der Waals surface area (Å²) in [6, 6.07) is 0. The van der Waals surface area contributed by atoms with Gasteiger partial charge in [-0.15, -0.1) is 0 Å². The van der Waals surface area contributed by atoms with Crippen LogP contribution in [0.15, 0.2) is 12.5 Å². The summed E-state index contributed by atoms with van der Waals surface area (Å²) in [4.78, 5) is 20.5. The summed E-state index contributed by atoms with van der Waals surface area (Å²) in [7, 11) is 0. The van der Waals surface area contributed by atoms with Gasteiger partial charge in [0.1, 0.15) is 0 Å². The van der Waals surface area contributed by atoms with Crippen LogP contribution in [0.25, 0.3) is 0 Å².